The Labute approximate surface area is 223 Å². The Bertz CT molecular complexity index is 1510. The predicted octanol–water partition coefficient (Wildman–Crippen LogP) is 5.45. The highest BCUT2D eigenvalue weighted by molar-refractivity contribution is 6.23. The minimum absolute atomic E-state index is 0.0196. The molecule has 9 heteroatoms. The van der Waals surface area contributed by atoms with Gasteiger partial charge in [-0.15, -0.1) is 0 Å². The van der Waals surface area contributed by atoms with Crippen LogP contribution >= 0.6 is 0 Å². The molecule has 0 N–H and O–H groups in total. The number of nitro benzene ring substituents is 1. The Morgan fingerprint density at radius 1 is 0.923 bits per heavy atom. The molecule has 0 unspecified atom stereocenters. The van der Waals surface area contributed by atoms with Crippen LogP contribution in [0.1, 0.15) is 29.3 Å². The maximum absolute atomic E-state index is 13.1. The van der Waals surface area contributed by atoms with Gasteiger partial charge in [0.25, 0.3) is 5.69 Å². The third-order valence-corrected chi connectivity index (χ3v) is 7.82. The van der Waals surface area contributed by atoms with E-state index in [0.717, 1.165) is 12.0 Å². The Balaban J connectivity index is 1.05. The summed E-state index contributed by atoms with van der Waals surface area (Å²) in [6.45, 7) is 2.08. The topological polar surface area (TPSA) is 116 Å². The number of imide groups is 1. The standard InChI is InChI=1S/C30H24N2O7/c1-17-14-20-15-25(17)27-26(20)28(33)31(29(27)34)21-6-4-19(5-7-21)30(35)38-16-18-2-10-23(11-3-18)39-24-12-8-22(9-13-24)32(36)37/h2-14,20,25-27H,15-16H2,1H3/t20-,25-,26+,27+/m1/s1. The highest BCUT2D eigenvalue weighted by atomic mass is 16.6. The Hall–Kier alpha value is -4.79. The lowest BCUT2D eigenvalue weighted by Gasteiger charge is -2.19. The summed E-state index contributed by atoms with van der Waals surface area (Å²) in [5, 5.41) is 10.8. The van der Waals surface area contributed by atoms with Crippen molar-refractivity contribution in [2.75, 3.05) is 4.90 Å². The lowest BCUT2D eigenvalue weighted by atomic mass is 9.82. The number of benzene rings is 3. The molecule has 3 aromatic carbocycles. The fraction of sp³-hybridized carbons (Fsp3) is 0.233. The first-order valence-corrected chi connectivity index (χ1v) is 12.6. The molecule has 6 rings (SSSR count). The van der Waals surface area contributed by atoms with E-state index in [1.165, 1.54) is 34.7 Å². The first-order chi connectivity index (χ1) is 18.8. The molecule has 9 nitrogen and oxygen atoms in total. The number of nitrogens with zero attached hydrogens (tertiary/aromatic N) is 2. The zero-order valence-electron chi connectivity index (χ0n) is 21.0. The number of allylic oxidation sites excluding steroid dienone is 2. The van der Waals surface area contributed by atoms with Crippen molar-refractivity contribution in [2.45, 2.75) is 20.0 Å². The minimum Gasteiger partial charge on any atom is -0.457 e. The molecule has 0 aromatic heterocycles. The second-order valence-electron chi connectivity index (χ2n) is 10.1. The molecule has 2 bridgehead atoms. The van der Waals surface area contributed by atoms with Crippen molar-refractivity contribution in [3.63, 3.8) is 0 Å². The van der Waals surface area contributed by atoms with Gasteiger partial charge in [0.1, 0.15) is 18.1 Å². The van der Waals surface area contributed by atoms with Gasteiger partial charge < -0.3 is 9.47 Å². The molecule has 0 spiro atoms. The van der Waals surface area contributed by atoms with Gasteiger partial charge in [-0.1, -0.05) is 23.8 Å². The SMILES string of the molecule is CC1=C[C@@H]2C[C@H]1[C@@H]1C(=O)N(c3ccc(C(=O)OCc4ccc(Oc5ccc([N+](=O)[O-])cc5)cc4)cc3)C(=O)[C@H]12. The number of carbonyl (C=O) groups excluding carboxylic acids is 3. The van der Waals surface area contributed by atoms with Gasteiger partial charge in [0.05, 0.1) is 28.0 Å². The first kappa shape index (κ1) is 24.5. The summed E-state index contributed by atoms with van der Waals surface area (Å²) >= 11 is 0. The fourth-order valence-corrected chi connectivity index (χ4v) is 5.93. The molecule has 2 aliphatic carbocycles. The molecule has 1 heterocycles. The highest BCUT2D eigenvalue weighted by Crippen LogP contribution is 2.55. The van der Waals surface area contributed by atoms with Crippen molar-refractivity contribution in [3.05, 3.63) is 106 Å². The number of rotatable bonds is 7. The number of hydrogen-bond acceptors (Lipinski definition) is 7. The highest BCUT2D eigenvalue weighted by Gasteiger charge is 2.60. The van der Waals surface area contributed by atoms with E-state index in [1.54, 1.807) is 48.5 Å². The summed E-state index contributed by atoms with van der Waals surface area (Å²) in [6.07, 6.45) is 3.02. The molecule has 0 radical (unpaired) electrons. The predicted molar refractivity (Wildman–Crippen MR) is 140 cm³/mol. The van der Waals surface area contributed by atoms with Crippen LogP contribution in [-0.4, -0.2) is 22.7 Å². The van der Waals surface area contributed by atoms with Gasteiger partial charge in [-0.25, -0.2) is 4.79 Å². The van der Waals surface area contributed by atoms with E-state index in [4.69, 9.17) is 9.47 Å². The van der Waals surface area contributed by atoms with Crippen molar-refractivity contribution in [1.82, 2.24) is 0 Å². The van der Waals surface area contributed by atoms with Gasteiger partial charge in [0, 0.05) is 12.1 Å². The average Bonchev–Trinajstić information content (AvgIpc) is 3.58. The van der Waals surface area contributed by atoms with Crippen LogP contribution in [-0.2, 0) is 20.9 Å². The quantitative estimate of drug-likeness (QED) is 0.133. The average molecular weight is 525 g/mol. The zero-order valence-corrected chi connectivity index (χ0v) is 21.0. The number of nitro groups is 1. The number of non-ortho nitro benzene ring substituents is 1. The molecule has 3 aliphatic rings. The molecule has 3 aromatic rings. The molecule has 2 amide bonds. The van der Waals surface area contributed by atoms with E-state index in [1.807, 2.05) is 6.92 Å². The Morgan fingerprint density at radius 2 is 1.54 bits per heavy atom. The van der Waals surface area contributed by atoms with Crippen molar-refractivity contribution < 1.29 is 28.8 Å². The molecule has 1 saturated carbocycles. The maximum atomic E-state index is 13.1. The van der Waals surface area contributed by atoms with Crippen molar-refractivity contribution in [2.24, 2.45) is 23.7 Å². The maximum Gasteiger partial charge on any atom is 0.338 e. The van der Waals surface area contributed by atoms with Gasteiger partial charge in [0.15, 0.2) is 0 Å². The van der Waals surface area contributed by atoms with Gasteiger partial charge in [-0.3, -0.25) is 24.6 Å². The number of ether oxygens (including phenoxy) is 2. The number of fused-ring (bicyclic) bond motifs is 5. The van der Waals surface area contributed by atoms with Crippen LogP contribution in [0.2, 0.25) is 0 Å². The molecular weight excluding hydrogens is 500 g/mol. The Morgan fingerprint density at radius 3 is 2.18 bits per heavy atom. The smallest absolute Gasteiger partial charge is 0.338 e. The number of hydrogen-bond donors (Lipinski definition) is 0. The first-order valence-electron chi connectivity index (χ1n) is 12.6. The monoisotopic (exact) mass is 524 g/mol. The van der Waals surface area contributed by atoms with Crippen LogP contribution < -0.4 is 9.64 Å². The molecule has 2 fully saturated rings. The van der Waals surface area contributed by atoms with E-state index in [2.05, 4.69) is 6.08 Å². The van der Waals surface area contributed by atoms with E-state index in [-0.39, 0.29) is 47.8 Å². The lowest BCUT2D eigenvalue weighted by Crippen LogP contribution is -2.32. The Kier molecular flexibility index (Phi) is 5.98. The third-order valence-electron chi connectivity index (χ3n) is 7.82. The number of amides is 2. The normalized spacial score (nSPS) is 23.0. The van der Waals surface area contributed by atoms with Crippen LogP contribution in [0.4, 0.5) is 11.4 Å². The summed E-state index contributed by atoms with van der Waals surface area (Å²) in [5.41, 5.74) is 2.71. The minimum atomic E-state index is -0.526. The van der Waals surface area contributed by atoms with E-state index >= 15 is 0 Å². The fourth-order valence-electron chi connectivity index (χ4n) is 5.93. The summed E-state index contributed by atoms with van der Waals surface area (Å²) in [7, 11) is 0. The molecule has 4 atom stereocenters. The van der Waals surface area contributed by atoms with Crippen molar-refractivity contribution in [1.29, 1.82) is 0 Å². The second-order valence-corrected chi connectivity index (χ2v) is 10.1. The van der Waals surface area contributed by atoms with Crippen LogP contribution in [0, 0.1) is 33.8 Å². The second kappa shape index (κ2) is 9.50. The summed E-state index contributed by atoms with van der Waals surface area (Å²) in [4.78, 5) is 50.4. The van der Waals surface area contributed by atoms with E-state index in [0.29, 0.717) is 22.7 Å². The molecule has 39 heavy (non-hydrogen) atoms. The van der Waals surface area contributed by atoms with Crippen LogP contribution in [0.25, 0.3) is 0 Å². The number of anilines is 1. The van der Waals surface area contributed by atoms with Gasteiger partial charge in [-0.2, -0.15) is 0 Å². The van der Waals surface area contributed by atoms with Crippen molar-refractivity contribution >= 4 is 29.2 Å². The van der Waals surface area contributed by atoms with E-state index < -0.39 is 10.9 Å². The molecule has 1 aliphatic heterocycles. The summed E-state index contributed by atoms with van der Waals surface area (Å²) < 4.78 is 11.1. The number of esters is 1. The van der Waals surface area contributed by atoms with Gasteiger partial charge >= 0.3 is 5.97 Å². The lowest BCUT2D eigenvalue weighted by molar-refractivity contribution is -0.384. The summed E-state index contributed by atoms with van der Waals surface area (Å²) in [5.74, 6) is -0.103. The molecule has 1 saturated heterocycles. The molecule has 196 valence electrons. The van der Waals surface area contributed by atoms with Gasteiger partial charge in [-0.05, 0) is 79.3 Å². The zero-order chi connectivity index (χ0) is 27.3. The number of carbonyl (C=O) groups is 3. The molecular formula is C30H24N2O7. The van der Waals surface area contributed by atoms with Crippen LogP contribution in [0.15, 0.2) is 84.4 Å². The van der Waals surface area contributed by atoms with E-state index in [9.17, 15) is 24.5 Å². The van der Waals surface area contributed by atoms with Crippen LogP contribution in [0.5, 0.6) is 11.5 Å². The van der Waals surface area contributed by atoms with Gasteiger partial charge in [0.2, 0.25) is 11.8 Å². The third kappa shape index (κ3) is 4.35. The summed E-state index contributed by atoms with van der Waals surface area (Å²) in [6, 6.07) is 19.0. The van der Waals surface area contributed by atoms with Crippen molar-refractivity contribution in [3.8, 4) is 11.5 Å². The van der Waals surface area contributed by atoms with Crippen LogP contribution in [0.3, 0.4) is 0 Å². The largest absolute Gasteiger partial charge is 0.457 e.